The minimum absolute atomic E-state index is 0.126. The van der Waals surface area contributed by atoms with Crippen molar-refractivity contribution in [1.29, 1.82) is 0 Å². The van der Waals surface area contributed by atoms with Gasteiger partial charge in [-0.1, -0.05) is 6.42 Å². The van der Waals surface area contributed by atoms with Crippen molar-refractivity contribution < 1.29 is 14.7 Å². The zero-order valence-electron chi connectivity index (χ0n) is 12.1. The van der Waals surface area contributed by atoms with Crippen molar-refractivity contribution in [1.82, 2.24) is 15.1 Å². The summed E-state index contributed by atoms with van der Waals surface area (Å²) in [6.45, 7) is 1.93. The second-order valence-electron chi connectivity index (χ2n) is 5.81. The zero-order chi connectivity index (χ0) is 14.5. The van der Waals surface area contributed by atoms with Gasteiger partial charge in [0.15, 0.2) is 0 Å². The number of nitrogens with zero attached hydrogens (tertiary/aromatic N) is 2. The van der Waals surface area contributed by atoms with Gasteiger partial charge < -0.3 is 20.2 Å². The molecule has 1 saturated carbocycles. The van der Waals surface area contributed by atoms with Crippen molar-refractivity contribution in [2.24, 2.45) is 5.41 Å². The third-order valence-electron chi connectivity index (χ3n) is 3.78. The minimum Gasteiger partial charge on any atom is -0.481 e. The molecule has 0 aromatic heterocycles. The maximum Gasteiger partial charge on any atom is 0.317 e. The molecule has 0 aromatic rings. The zero-order valence-corrected chi connectivity index (χ0v) is 12.1. The first-order valence-electron chi connectivity index (χ1n) is 6.70. The largest absolute Gasteiger partial charge is 0.481 e. The summed E-state index contributed by atoms with van der Waals surface area (Å²) in [5, 5.41) is 11.8. The summed E-state index contributed by atoms with van der Waals surface area (Å²) in [5.74, 6) is -0.782. The number of hydrogen-bond donors (Lipinski definition) is 2. The second-order valence-corrected chi connectivity index (χ2v) is 5.81. The molecule has 0 radical (unpaired) electrons. The van der Waals surface area contributed by atoms with Crippen LogP contribution in [0.15, 0.2) is 0 Å². The molecule has 2 N–H and O–H groups in total. The molecular weight excluding hydrogens is 246 g/mol. The van der Waals surface area contributed by atoms with E-state index in [4.69, 9.17) is 5.11 Å². The number of nitrogens with one attached hydrogen (secondary N) is 1. The number of rotatable bonds is 7. The fourth-order valence-corrected chi connectivity index (χ4v) is 2.26. The van der Waals surface area contributed by atoms with Crippen molar-refractivity contribution in [3.63, 3.8) is 0 Å². The number of carboxylic acid groups (broad SMARTS) is 1. The van der Waals surface area contributed by atoms with Gasteiger partial charge in [0.2, 0.25) is 0 Å². The van der Waals surface area contributed by atoms with Gasteiger partial charge in [0.25, 0.3) is 0 Å². The van der Waals surface area contributed by atoms with E-state index in [1.807, 2.05) is 19.0 Å². The van der Waals surface area contributed by atoms with Crippen LogP contribution < -0.4 is 5.32 Å². The van der Waals surface area contributed by atoms with Gasteiger partial charge in [0.05, 0.1) is 6.42 Å². The molecule has 0 atom stereocenters. The molecule has 1 aliphatic rings. The Labute approximate surface area is 114 Å². The Morgan fingerprint density at radius 3 is 2.26 bits per heavy atom. The lowest BCUT2D eigenvalue weighted by Gasteiger charge is -2.41. The monoisotopic (exact) mass is 271 g/mol. The molecule has 0 heterocycles. The van der Waals surface area contributed by atoms with Crippen molar-refractivity contribution in [2.75, 3.05) is 40.8 Å². The molecule has 1 fully saturated rings. The van der Waals surface area contributed by atoms with Gasteiger partial charge in [-0.05, 0) is 32.4 Å². The van der Waals surface area contributed by atoms with Gasteiger partial charge >= 0.3 is 12.0 Å². The van der Waals surface area contributed by atoms with Crippen LogP contribution in [0, 0.1) is 5.41 Å². The molecule has 1 aliphatic carbocycles. The van der Waals surface area contributed by atoms with Crippen molar-refractivity contribution in [3.8, 4) is 0 Å². The standard InChI is InChI=1S/C13H25N3O3/c1-15(2)7-8-16(3)12(19)14-10-13(5-4-6-13)9-11(17)18/h4-10H2,1-3H3,(H,14,19)(H,17,18). The number of urea groups is 1. The first kappa shape index (κ1) is 15.8. The molecule has 0 saturated heterocycles. The topological polar surface area (TPSA) is 72.9 Å². The van der Waals surface area contributed by atoms with E-state index in [2.05, 4.69) is 5.32 Å². The average Bonchev–Trinajstić information content (AvgIpc) is 2.28. The maximum atomic E-state index is 11.9. The highest BCUT2D eigenvalue weighted by Gasteiger charge is 2.39. The van der Waals surface area contributed by atoms with Gasteiger partial charge in [-0.3, -0.25) is 4.79 Å². The number of likely N-dealkylation sites (N-methyl/N-ethyl adjacent to an activating group) is 2. The average molecular weight is 271 g/mol. The Hall–Kier alpha value is -1.30. The highest BCUT2D eigenvalue weighted by atomic mass is 16.4. The molecule has 1 rings (SSSR count). The maximum absolute atomic E-state index is 11.9. The van der Waals surface area contributed by atoms with Crippen LogP contribution in [0.2, 0.25) is 0 Å². The first-order valence-corrected chi connectivity index (χ1v) is 6.70. The van der Waals surface area contributed by atoms with Crippen LogP contribution in [0.4, 0.5) is 4.79 Å². The van der Waals surface area contributed by atoms with E-state index >= 15 is 0 Å². The highest BCUT2D eigenvalue weighted by molar-refractivity contribution is 5.74. The molecule has 19 heavy (non-hydrogen) atoms. The van der Waals surface area contributed by atoms with Crippen LogP contribution >= 0.6 is 0 Å². The van der Waals surface area contributed by atoms with Gasteiger partial charge in [0.1, 0.15) is 0 Å². The predicted molar refractivity (Wildman–Crippen MR) is 73.1 cm³/mol. The first-order chi connectivity index (χ1) is 8.84. The number of carboxylic acids is 1. The molecule has 6 nitrogen and oxygen atoms in total. The highest BCUT2D eigenvalue weighted by Crippen LogP contribution is 2.43. The molecular formula is C13H25N3O3. The molecule has 6 heteroatoms. The number of carbonyl (C=O) groups is 2. The minimum atomic E-state index is -0.782. The Morgan fingerprint density at radius 2 is 1.84 bits per heavy atom. The van der Waals surface area contributed by atoms with Crippen LogP contribution in [-0.4, -0.2) is 67.7 Å². The predicted octanol–water partition coefficient (Wildman–Crippen LogP) is 0.834. The van der Waals surface area contributed by atoms with E-state index in [0.717, 1.165) is 25.8 Å². The Balaban J connectivity index is 2.34. The Kier molecular flexibility index (Phi) is 5.60. The summed E-state index contributed by atoms with van der Waals surface area (Å²) in [6.07, 6.45) is 2.98. The summed E-state index contributed by atoms with van der Waals surface area (Å²) in [4.78, 5) is 26.4. The number of carbonyl (C=O) groups excluding carboxylic acids is 1. The Bertz CT molecular complexity index is 327. The lowest BCUT2D eigenvalue weighted by Crippen LogP contribution is -2.48. The van der Waals surface area contributed by atoms with E-state index in [9.17, 15) is 9.59 Å². The van der Waals surface area contributed by atoms with Crippen molar-refractivity contribution >= 4 is 12.0 Å². The van der Waals surface area contributed by atoms with E-state index in [-0.39, 0.29) is 17.9 Å². The summed E-state index contributed by atoms with van der Waals surface area (Å²) in [6, 6.07) is -0.126. The quantitative estimate of drug-likeness (QED) is 0.719. The molecule has 0 aliphatic heterocycles. The van der Waals surface area contributed by atoms with E-state index in [1.165, 1.54) is 0 Å². The normalized spacial score (nSPS) is 16.8. The molecule has 0 aromatic carbocycles. The van der Waals surface area contributed by atoms with Crippen molar-refractivity contribution in [3.05, 3.63) is 0 Å². The molecule has 0 unspecified atom stereocenters. The summed E-state index contributed by atoms with van der Waals surface area (Å²) in [7, 11) is 5.67. The van der Waals surface area contributed by atoms with Crippen LogP contribution in [0.25, 0.3) is 0 Å². The number of amides is 2. The molecule has 0 bridgehead atoms. The summed E-state index contributed by atoms with van der Waals surface area (Å²) < 4.78 is 0. The van der Waals surface area contributed by atoms with Gasteiger partial charge in [0, 0.05) is 26.7 Å². The molecule has 2 amide bonds. The third kappa shape index (κ3) is 5.06. The lowest BCUT2D eigenvalue weighted by atomic mass is 9.66. The fourth-order valence-electron chi connectivity index (χ4n) is 2.26. The van der Waals surface area contributed by atoms with Crippen LogP contribution in [0.3, 0.4) is 0 Å². The SMILES string of the molecule is CN(C)CCN(C)C(=O)NCC1(CC(=O)O)CCC1. The molecule has 0 spiro atoms. The Morgan fingerprint density at radius 1 is 1.21 bits per heavy atom. The molecule has 110 valence electrons. The van der Waals surface area contributed by atoms with E-state index in [0.29, 0.717) is 13.1 Å². The van der Waals surface area contributed by atoms with Crippen LogP contribution in [0.5, 0.6) is 0 Å². The summed E-state index contributed by atoms with van der Waals surface area (Å²) >= 11 is 0. The number of aliphatic carboxylic acids is 1. The van der Waals surface area contributed by atoms with Gasteiger partial charge in [-0.25, -0.2) is 4.79 Å². The second kappa shape index (κ2) is 6.75. The lowest BCUT2D eigenvalue weighted by molar-refractivity contribution is -0.141. The van der Waals surface area contributed by atoms with E-state index in [1.54, 1.807) is 11.9 Å². The number of hydrogen-bond acceptors (Lipinski definition) is 3. The van der Waals surface area contributed by atoms with Crippen LogP contribution in [0.1, 0.15) is 25.7 Å². The smallest absolute Gasteiger partial charge is 0.317 e. The van der Waals surface area contributed by atoms with Crippen molar-refractivity contribution in [2.45, 2.75) is 25.7 Å². The third-order valence-corrected chi connectivity index (χ3v) is 3.78. The van der Waals surface area contributed by atoms with Gasteiger partial charge in [-0.15, -0.1) is 0 Å². The van der Waals surface area contributed by atoms with E-state index < -0.39 is 5.97 Å². The van der Waals surface area contributed by atoms with Gasteiger partial charge in [-0.2, -0.15) is 0 Å². The van der Waals surface area contributed by atoms with Crippen LogP contribution in [-0.2, 0) is 4.79 Å². The fraction of sp³-hybridized carbons (Fsp3) is 0.846. The summed E-state index contributed by atoms with van der Waals surface area (Å²) in [5.41, 5.74) is -0.218.